The number of nitriles is 1. The van der Waals surface area contributed by atoms with Crippen LogP contribution in [0.2, 0.25) is 0 Å². The van der Waals surface area contributed by atoms with Crippen LogP contribution in [0.3, 0.4) is 0 Å². The van der Waals surface area contributed by atoms with Crippen LogP contribution < -0.4 is 0 Å². The molecule has 0 bridgehead atoms. The van der Waals surface area contributed by atoms with Crippen molar-refractivity contribution in [1.82, 2.24) is 9.97 Å². The first-order valence-electron chi connectivity index (χ1n) is 9.12. The maximum absolute atomic E-state index is 8.82. The predicted octanol–water partition coefficient (Wildman–Crippen LogP) is 5.48. The lowest BCUT2D eigenvalue weighted by atomic mass is 9.77. The first-order valence-corrected chi connectivity index (χ1v) is 9.12. The lowest BCUT2D eigenvalue weighted by Crippen LogP contribution is -2.13. The molecule has 124 valence electrons. The highest BCUT2D eigenvalue weighted by Crippen LogP contribution is 2.38. The molecule has 3 heteroatoms. The summed E-state index contributed by atoms with van der Waals surface area (Å²) in [6.07, 6.45) is 12.7. The van der Waals surface area contributed by atoms with E-state index >= 15 is 0 Å². The van der Waals surface area contributed by atoms with E-state index in [-0.39, 0.29) is 0 Å². The average molecular weight is 319 g/mol. The number of aromatic nitrogens is 2. The molecule has 0 unspecified atom stereocenters. The van der Waals surface area contributed by atoms with Crippen LogP contribution in [0.15, 0.2) is 36.7 Å². The van der Waals surface area contributed by atoms with E-state index < -0.39 is 0 Å². The third-order valence-corrected chi connectivity index (χ3v) is 5.23. The Morgan fingerprint density at radius 1 is 1.04 bits per heavy atom. The van der Waals surface area contributed by atoms with Crippen molar-refractivity contribution >= 4 is 0 Å². The van der Waals surface area contributed by atoms with Crippen LogP contribution in [-0.4, -0.2) is 9.97 Å². The highest BCUT2D eigenvalue weighted by molar-refractivity contribution is 5.55. The second-order valence-electron chi connectivity index (χ2n) is 6.89. The Hall–Kier alpha value is -2.21. The van der Waals surface area contributed by atoms with Crippen molar-refractivity contribution in [3.05, 3.63) is 47.8 Å². The number of benzene rings is 1. The zero-order valence-corrected chi connectivity index (χ0v) is 14.4. The van der Waals surface area contributed by atoms with Crippen LogP contribution in [0.4, 0.5) is 0 Å². The molecule has 2 aromatic rings. The van der Waals surface area contributed by atoms with Crippen molar-refractivity contribution < 1.29 is 0 Å². The number of hydrogen-bond donors (Lipinski definition) is 0. The van der Waals surface area contributed by atoms with Gasteiger partial charge in [0.05, 0.1) is 5.56 Å². The smallest absolute Gasteiger partial charge is 0.159 e. The fraction of sp³-hybridized carbons (Fsp3) is 0.476. The van der Waals surface area contributed by atoms with Crippen LogP contribution >= 0.6 is 0 Å². The molecular formula is C21H25N3. The van der Waals surface area contributed by atoms with Gasteiger partial charge in [-0.15, -0.1) is 0 Å². The lowest BCUT2D eigenvalue weighted by Gasteiger charge is -2.28. The largest absolute Gasteiger partial charge is 0.235 e. The van der Waals surface area contributed by atoms with Crippen LogP contribution in [0.5, 0.6) is 0 Å². The molecule has 1 aromatic carbocycles. The Balaban J connectivity index is 1.61. The fourth-order valence-corrected chi connectivity index (χ4v) is 3.72. The molecule has 1 fully saturated rings. The van der Waals surface area contributed by atoms with E-state index in [1.807, 2.05) is 6.07 Å². The fourth-order valence-electron chi connectivity index (χ4n) is 3.72. The number of hydrogen-bond acceptors (Lipinski definition) is 3. The molecule has 0 aliphatic heterocycles. The van der Waals surface area contributed by atoms with E-state index in [9.17, 15) is 0 Å². The van der Waals surface area contributed by atoms with Crippen molar-refractivity contribution in [2.24, 2.45) is 5.92 Å². The van der Waals surface area contributed by atoms with Gasteiger partial charge >= 0.3 is 0 Å². The Morgan fingerprint density at radius 2 is 1.71 bits per heavy atom. The zero-order chi connectivity index (χ0) is 16.8. The molecule has 24 heavy (non-hydrogen) atoms. The third kappa shape index (κ3) is 4.00. The second-order valence-corrected chi connectivity index (χ2v) is 6.89. The molecule has 0 saturated heterocycles. The second kappa shape index (κ2) is 8.06. The third-order valence-electron chi connectivity index (χ3n) is 5.23. The van der Waals surface area contributed by atoms with Crippen molar-refractivity contribution in [1.29, 1.82) is 5.26 Å². The minimum Gasteiger partial charge on any atom is -0.235 e. The Morgan fingerprint density at radius 3 is 2.29 bits per heavy atom. The molecule has 0 atom stereocenters. The summed E-state index contributed by atoms with van der Waals surface area (Å²) in [5.41, 5.74) is 2.96. The van der Waals surface area contributed by atoms with Crippen LogP contribution in [0.25, 0.3) is 11.4 Å². The topological polar surface area (TPSA) is 49.6 Å². The van der Waals surface area contributed by atoms with Crippen LogP contribution in [-0.2, 0) is 0 Å². The van der Waals surface area contributed by atoms with Crippen molar-refractivity contribution in [3.63, 3.8) is 0 Å². The average Bonchev–Trinajstić information content (AvgIpc) is 2.67. The van der Waals surface area contributed by atoms with Gasteiger partial charge in [-0.25, -0.2) is 9.97 Å². The van der Waals surface area contributed by atoms with E-state index in [4.69, 9.17) is 5.26 Å². The highest BCUT2D eigenvalue weighted by Gasteiger charge is 2.21. The first-order chi connectivity index (χ1) is 11.8. The molecule has 0 N–H and O–H groups in total. The monoisotopic (exact) mass is 319 g/mol. The summed E-state index contributed by atoms with van der Waals surface area (Å²) in [5.74, 6) is 2.34. The lowest BCUT2D eigenvalue weighted by molar-refractivity contribution is 0.304. The number of unbranched alkanes of at least 4 members (excludes halogenated alkanes) is 1. The summed E-state index contributed by atoms with van der Waals surface area (Å²) in [7, 11) is 0. The van der Waals surface area contributed by atoms with Gasteiger partial charge in [-0.05, 0) is 43.1 Å². The van der Waals surface area contributed by atoms with Gasteiger partial charge in [0.25, 0.3) is 0 Å². The number of nitrogens with zero attached hydrogens (tertiary/aromatic N) is 3. The van der Waals surface area contributed by atoms with Gasteiger partial charge in [-0.3, -0.25) is 0 Å². The van der Waals surface area contributed by atoms with Gasteiger partial charge in [0.2, 0.25) is 0 Å². The van der Waals surface area contributed by atoms with E-state index in [1.54, 1.807) is 12.4 Å². The molecule has 1 saturated carbocycles. The van der Waals surface area contributed by atoms with Gasteiger partial charge < -0.3 is 0 Å². The summed E-state index contributed by atoms with van der Waals surface area (Å²) in [6, 6.07) is 10.7. The Labute approximate surface area is 144 Å². The molecule has 1 aliphatic carbocycles. The Bertz CT molecular complexity index is 675. The molecule has 0 radical (unpaired) electrons. The molecule has 1 heterocycles. The summed E-state index contributed by atoms with van der Waals surface area (Å²) < 4.78 is 0. The summed E-state index contributed by atoms with van der Waals surface area (Å²) >= 11 is 0. The summed E-state index contributed by atoms with van der Waals surface area (Å²) in [6.45, 7) is 2.28. The minimum atomic E-state index is 0.496. The molecule has 0 spiro atoms. The maximum Gasteiger partial charge on any atom is 0.159 e. The predicted molar refractivity (Wildman–Crippen MR) is 96.4 cm³/mol. The molecule has 3 nitrogen and oxygen atoms in total. The molecule has 0 amide bonds. The van der Waals surface area contributed by atoms with E-state index in [0.29, 0.717) is 17.3 Å². The van der Waals surface area contributed by atoms with Gasteiger partial charge in [-0.1, -0.05) is 50.5 Å². The summed E-state index contributed by atoms with van der Waals surface area (Å²) in [5, 5.41) is 8.82. The van der Waals surface area contributed by atoms with Gasteiger partial charge in [0.15, 0.2) is 5.82 Å². The van der Waals surface area contributed by atoms with E-state index in [1.165, 1.54) is 50.5 Å². The maximum atomic E-state index is 8.82. The van der Waals surface area contributed by atoms with Gasteiger partial charge in [0, 0.05) is 18.0 Å². The van der Waals surface area contributed by atoms with Crippen molar-refractivity contribution in [2.45, 2.75) is 57.8 Å². The van der Waals surface area contributed by atoms with Gasteiger partial charge in [0.1, 0.15) is 6.07 Å². The normalized spacial score (nSPS) is 20.5. The van der Waals surface area contributed by atoms with Crippen molar-refractivity contribution in [3.8, 4) is 17.5 Å². The highest BCUT2D eigenvalue weighted by atomic mass is 14.9. The van der Waals surface area contributed by atoms with Crippen LogP contribution in [0.1, 0.15) is 68.9 Å². The Kier molecular flexibility index (Phi) is 5.59. The minimum absolute atomic E-state index is 0.496. The SMILES string of the molecule is CCCCC1CCC(c2ccc(-c3ncc(C#N)cn3)cc2)CC1. The molecule has 1 aliphatic rings. The molecular weight excluding hydrogens is 294 g/mol. The molecule has 1 aromatic heterocycles. The zero-order valence-electron chi connectivity index (χ0n) is 14.4. The number of rotatable bonds is 5. The standard InChI is InChI=1S/C21H25N3/c1-2-3-4-16-5-7-18(8-6-16)19-9-11-20(12-10-19)21-23-14-17(13-22)15-24-21/h9-12,14-16,18H,2-8H2,1H3. The van der Waals surface area contributed by atoms with Crippen molar-refractivity contribution in [2.75, 3.05) is 0 Å². The quantitative estimate of drug-likeness (QED) is 0.733. The first kappa shape index (κ1) is 16.6. The van der Waals surface area contributed by atoms with Crippen LogP contribution in [0, 0.1) is 17.2 Å². The summed E-state index contributed by atoms with van der Waals surface area (Å²) in [4.78, 5) is 8.53. The van der Waals surface area contributed by atoms with E-state index in [0.717, 1.165) is 11.5 Å². The van der Waals surface area contributed by atoms with Gasteiger partial charge in [-0.2, -0.15) is 5.26 Å². The van der Waals surface area contributed by atoms with E-state index in [2.05, 4.69) is 41.2 Å². The molecule has 3 rings (SSSR count).